The van der Waals surface area contributed by atoms with Crippen LogP contribution in [0.1, 0.15) is 206 Å². The molecule has 0 saturated heterocycles. The predicted molar refractivity (Wildman–Crippen MR) is 363 cm³/mol. The number of likely N-dealkylation sites (N-methyl/N-ethyl adjacent to an activating group) is 1. The average molecular weight is 1170 g/mol. The lowest BCUT2D eigenvalue weighted by Gasteiger charge is -2.25. The molecule has 0 aliphatic rings. The molecule has 85 heavy (non-hydrogen) atoms. The predicted octanol–water partition coefficient (Wildman–Crippen LogP) is 20.2. The Labute approximate surface area is 519 Å². The Morgan fingerprint density at radius 3 is 0.953 bits per heavy atom. The fourth-order valence-corrected chi connectivity index (χ4v) is 7.93. The van der Waals surface area contributed by atoms with Gasteiger partial charge in [-0.3, -0.25) is 9.59 Å². The minimum atomic E-state index is -1.54. The second kappa shape index (κ2) is 64.1. The zero-order valence-electron chi connectivity index (χ0n) is 53.9. The van der Waals surface area contributed by atoms with Crippen LogP contribution in [0.2, 0.25) is 0 Å². The third-order valence-electron chi connectivity index (χ3n) is 12.8. The number of quaternary nitrogens is 1. The molecule has 0 saturated carbocycles. The fraction of sp³-hybridized carbons (Fsp3) is 0.539. The highest BCUT2D eigenvalue weighted by Gasteiger charge is 2.25. The van der Waals surface area contributed by atoms with Gasteiger partial charge in [-0.15, -0.1) is 0 Å². The van der Waals surface area contributed by atoms with Gasteiger partial charge in [0.15, 0.2) is 6.10 Å². The highest BCUT2D eigenvalue weighted by molar-refractivity contribution is 5.71. The highest BCUT2D eigenvalue weighted by Crippen LogP contribution is 2.13. The van der Waals surface area contributed by atoms with E-state index in [2.05, 4.69) is 208 Å². The quantitative estimate of drug-likeness (QED) is 0.0211. The number of hydrogen-bond acceptors (Lipinski definition) is 7. The van der Waals surface area contributed by atoms with Gasteiger partial charge < -0.3 is 28.5 Å². The number of rotatable bonds is 57. The van der Waals surface area contributed by atoms with E-state index in [9.17, 15) is 19.5 Å². The van der Waals surface area contributed by atoms with Crippen LogP contribution in [-0.2, 0) is 33.3 Å². The molecule has 0 fully saturated rings. The molecule has 9 nitrogen and oxygen atoms in total. The number of aliphatic carboxylic acids is 1. The maximum atomic E-state index is 12.9. The van der Waals surface area contributed by atoms with Crippen LogP contribution >= 0.6 is 0 Å². The zero-order valence-corrected chi connectivity index (χ0v) is 53.9. The molecule has 2 atom stereocenters. The molecular formula is C76H118NO8+. The summed E-state index contributed by atoms with van der Waals surface area (Å²) in [6.45, 7) is 4.56. The first-order valence-corrected chi connectivity index (χ1v) is 32.6. The van der Waals surface area contributed by atoms with E-state index in [0.29, 0.717) is 23.9 Å². The fourth-order valence-electron chi connectivity index (χ4n) is 7.93. The Morgan fingerprint density at radius 2 is 0.635 bits per heavy atom. The number of allylic oxidation sites excluding steroid dienone is 32. The van der Waals surface area contributed by atoms with Crippen molar-refractivity contribution in [1.82, 2.24) is 0 Å². The maximum absolute atomic E-state index is 12.9. The normalized spacial score (nSPS) is 14.0. The van der Waals surface area contributed by atoms with E-state index in [1.165, 1.54) is 19.3 Å². The first kappa shape index (κ1) is 79.1. The van der Waals surface area contributed by atoms with E-state index in [0.717, 1.165) is 148 Å². The number of unbranched alkanes of at least 4 members (excludes halogenated alkanes) is 10. The lowest BCUT2D eigenvalue weighted by molar-refractivity contribution is -0.870. The molecule has 474 valence electrons. The zero-order chi connectivity index (χ0) is 61.9. The summed E-state index contributed by atoms with van der Waals surface area (Å²) in [6, 6.07) is 0. The van der Waals surface area contributed by atoms with Crippen LogP contribution in [0.25, 0.3) is 0 Å². The second-order valence-electron chi connectivity index (χ2n) is 22.0. The summed E-state index contributed by atoms with van der Waals surface area (Å²) in [5, 5.41) is 9.73. The van der Waals surface area contributed by atoms with Crippen molar-refractivity contribution in [3.05, 3.63) is 194 Å². The maximum Gasteiger partial charge on any atom is 0.361 e. The van der Waals surface area contributed by atoms with Gasteiger partial charge in [0, 0.05) is 12.8 Å². The van der Waals surface area contributed by atoms with Crippen molar-refractivity contribution in [3.63, 3.8) is 0 Å². The van der Waals surface area contributed by atoms with Crippen LogP contribution in [0, 0.1) is 0 Å². The number of carboxylic acids is 1. The molecule has 0 bridgehead atoms. The Bertz CT molecular complexity index is 2090. The highest BCUT2D eigenvalue weighted by atomic mass is 16.7. The van der Waals surface area contributed by atoms with Gasteiger partial charge in [0.05, 0.1) is 34.4 Å². The number of carboxylic acid groups (broad SMARTS) is 1. The third-order valence-corrected chi connectivity index (χ3v) is 12.8. The molecule has 1 N–H and O–H groups in total. The molecular weight excluding hydrogens is 1050 g/mol. The van der Waals surface area contributed by atoms with E-state index in [-0.39, 0.29) is 38.6 Å². The van der Waals surface area contributed by atoms with Crippen LogP contribution in [0.5, 0.6) is 0 Å². The number of carbonyl (C=O) groups excluding carboxylic acids is 2. The minimum absolute atomic E-state index is 0.167. The molecule has 0 aromatic heterocycles. The number of ether oxygens (including phenoxy) is 4. The van der Waals surface area contributed by atoms with E-state index >= 15 is 0 Å². The number of nitrogens with zero attached hydrogens (tertiary/aromatic N) is 1. The molecule has 0 amide bonds. The second-order valence-corrected chi connectivity index (χ2v) is 22.0. The lowest BCUT2D eigenvalue weighted by atomic mass is 10.1. The SMILES string of the molecule is CC/C=C\C/C=C\C/C=C\C/C=C\C/C=C\C/C=C\C/C=C\C/C=C\C/C=C\CCCCCC(=O)OC(COC(=O)CCCCCCCCC/C=C\C/C=C\C/C=C\C/C=C\C/C=C\C/C=C\C/C=C\CC)COC(OCC[N+](C)(C)C)C(=O)O. The van der Waals surface area contributed by atoms with Gasteiger partial charge in [0.25, 0.3) is 6.29 Å². The summed E-state index contributed by atoms with van der Waals surface area (Å²) in [7, 11) is 5.94. The van der Waals surface area contributed by atoms with Gasteiger partial charge in [-0.1, -0.05) is 247 Å². The van der Waals surface area contributed by atoms with Gasteiger partial charge in [-0.25, -0.2) is 4.79 Å². The summed E-state index contributed by atoms with van der Waals surface area (Å²) in [6.07, 6.45) is 96.6. The molecule has 0 aliphatic carbocycles. The third kappa shape index (κ3) is 65.5. The number of esters is 2. The molecule has 9 heteroatoms. The molecule has 0 aromatic carbocycles. The molecule has 0 spiro atoms. The van der Waals surface area contributed by atoms with Crippen molar-refractivity contribution < 1.29 is 42.9 Å². The van der Waals surface area contributed by atoms with E-state index in [1.54, 1.807) is 0 Å². The standard InChI is InChI=1S/C76H117NO8/c1-6-8-10-12-14-16-18-20-22-24-26-28-30-32-34-36-37-39-41-43-45-47-49-51-53-55-57-59-61-63-65-67-74(79)85-72(71-84-76(75(80)81)82-69-68-77(3,4)5)70-83-73(78)66-64-62-60-58-56-54-52-50-48-46-44-42-40-38-35-33-31-29-27-25-23-21-19-17-15-13-11-9-7-2/h8-11,14-17,20-23,26-29,32-35,37,39-40,42-43,45-46,48-49,51,55,57,72,76H,6-7,12-13,18-19,24-25,30-31,36,38,41,44,47,50,52-54,56,58-71H2,1-5H3/p+1/b10-8-,11-9-,16-14-,17-15-,22-20-,23-21-,28-26-,29-27-,34-32-,35-33-,39-37-,42-40-,45-43-,48-46-,51-49-,57-55-. The molecule has 0 heterocycles. The van der Waals surface area contributed by atoms with Crippen LogP contribution in [0.15, 0.2) is 194 Å². The Morgan fingerprint density at radius 1 is 0.353 bits per heavy atom. The van der Waals surface area contributed by atoms with Crippen molar-refractivity contribution in [2.75, 3.05) is 47.5 Å². The van der Waals surface area contributed by atoms with Crippen molar-refractivity contribution in [1.29, 1.82) is 0 Å². The molecule has 0 radical (unpaired) electrons. The number of carbonyl (C=O) groups is 3. The van der Waals surface area contributed by atoms with E-state index < -0.39 is 24.3 Å². The topological polar surface area (TPSA) is 108 Å². The van der Waals surface area contributed by atoms with Crippen LogP contribution in [0.4, 0.5) is 0 Å². The molecule has 0 aromatic rings. The van der Waals surface area contributed by atoms with Crippen molar-refractivity contribution >= 4 is 17.9 Å². The number of hydrogen-bond donors (Lipinski definition) is 1. The largest absolute Gasteiger partial charge is 0.477 e. The van der Waals surface area contributed by atoms with Crippen LogP contribution < -0.4 is 0 Å². The van der Waals surface area contributed by atoms with Gasteiger partial charge in [-0.2, -0.15) is 0 Å². The minimum Gasteiger partial charge on any atom is -0.477 e. The summed E-state index contributed by atoms with van der Waals surface area (Å²) in [5.41, 5.74) is 0. The Balaban J connectivity index is 4.36. The first-order chi connectivity index (χ1) is 41.6. The molecule has 2 unspecified atom stereocenters. The van der Waals surface area contributed by atoms with Crippen molar-refractivity contribution in [2.45, 2.75) is 219 Å². The van der Waals surface area contributed by atoms with Crippen LogP contribution in [0.3, 0.4) is 0 Å². The summed E-state index contributed by atoms with van der Waals surface area (Å²) in [4.78, 5) is 37.6. The monoisotopic (exact) mass is 1170 g/mol. The van der Waals surface area contributed by atoms with Crippen molar-refractivity contribution in [2.24, 2.45) is 0 Å². The smallest absolute Gasteiger partial charge is 0.361 e. The van der Waals surface area contributed by atoms with Gasteiger partial charge in [0.2, 0.25) is 0 Å². The van der Waals surface area contributed by atoms with E-state index in [1.807, 2.05) is 21.1 Å². The molecule has 0 rings (SSSR count). The van der Waals surface area contributed by atoms with Gasteiger partial charge in [-0.05, 0) is 141 Å². The average Bonchev–Trinajstić information content (AvgIpc) is 3.49. The van der Waals surface area contributed by atoms with Crippen LogP contribution in [-0.4, -0.2) is 87.4 Å². The lowest BCUT2D eigenvalue weighted by Crippen LogP contribution is -2.40. The van der Waals surface area contributed by atoms with Gasteiger partial charge >= 0.3 is 17.9 Å². The first-order valence-electron chi connectivity index (χ1n) is 32.6. The Hall–Kier alpha value is -5.87. The van der Waals surface area contributed by atoms with Crippen molar-refractivity contribution in [3.8, 4) is 0 Å². The van der Waals surface area contributed by atoms with Gasteiger partial charge in [0.1, 0.15) is 13.2 Å². The Kier molecular flexibility index (Phi) is 59.7. The molecule has 0 aliphatic heterocycles. The van der Waals surface area contributed by atoms with E-state index in [4.69, 9.17) is 18.9 Å². The summed E-state index contributed by atoms with van der Waals surface area (Å²) < 4.78 is 22.9. The summed E-state index contributed by atoms with van der Waals surface area (Å²) in [5.74, 6) is -2.09. The summed E-state index contributed by atoms with van der Waals surface area (Å²) >= 11 is 0.